The molecule has 0 spiro atoms. The predicted octanol–water partition coefficient (Wildman–Crippen LogP) is 3.71. The molecule has 0 aliphatic heterocycles. The Hall–Kier alpha value is -1.31. The Bertz CT molecular complexity index is 508. The van der Waals surface area contributed by atoms with Crippen molar-refractivity contribution in [3.8, 4) is 0 Å². The summed E-state index contributed by atoms with van der Waals surface area (Å²) in [7, 11) is 0. The topological polar surface area (TPSA) is 17.8 Å². The standard InChI is InChI=1S/C14H18N2/c1-3-13(11-4-5-11)16-9-10(2)12-8-15-7-6-14(12)16/h6-9,11,13H,3-5H2,1-2H3. The highest BCUT2D eigenvalue weighted by Crippen LogP contribution is 2.43. The molecular weight excluding hydrogens is 196 g/mol. The predicted molar refractivity (Wildman–Crippen MR) is 66.5 cm³/mol. The molecule has 2 nitrogen and oxygen atoms in total. The van der Waals surface area contributed by atoms with Crippen LogP contribution in [0, 0.1) is 12.8 Å². The Morgan fingerprint density at radius 3 is 3.00 bits per heavy atom. The Morgan fingerprint density at radius 2 is 2.31 bits per heavy atom. The molecule has 1 aliphatic rings. The van der Waals surface area contributed by atoms with E-state index in [-0.39, 0.29) is 0 Å². The number of aromatic nitrogens is 2. The number of aryl methyl sites for hydroxylation is 1. The zero-order valence-electron chi connectivity index (χ0n) is 9.98. The molecule has 0 bridgehead atoms. The molecular formula is C14H18N2. The van der Waals surface area contributed by atoms with Gasteiger partial charge in [-0.25, -0.2) is 0 Å². The van der Waals surface area contributed by atoms with Crippen LogP contribution in [0.3, 0.4) is 0 Å². The van der Waals surface area contributed by atoms with E-state index >= 15 is 0 Å². The average Bonchev–Trinajstić information content (AvgIpc) is 3.08. The van der Waals surface area contributed by atoms with Gasteiger partial charge in [0.1, 0.15) is 0 Å². The summed E-state index contributed by atoms with van der Waals surface area (Å²) < 4.78 is 2.48. The van der Waals surface area contributed by atoms with Gasteiger partial charge in [-0.05, 0) is 43.7 Å². The van der Waals surface area contributed by atoms with Crippen LogP contribution in [-0.2, 0) is 0 Å². The fourth-order valence-corrected chi connectivity index (χ4v) is 2.78. The van der Waals surface area contributed by atoms with E-state index in [9.17, 15) is 0 Å². The van der Waals surface area contributed by atoms with E-state index in [1.807, 2.05) is 12.4 Å². The number of hydrogen-bond donors (Lipinski definition) is 0. The lowest BCUT2D eigenvalue weighted by atomic mass is 10.1. The molecule has 1 fully saturated rings. The van der Waals surface area contributed by atoms with Crippen LogP contribution < -0.4 is 0 Å². The summed E-state index contributed by atoms with van der Waals surface area (Å²) in [6.45, 7) is 4.48. The van der Waals surface area contributed by atoms with Crippen molar-refractivity contribution in [3.63, 3.8) is 0 Å². The first kappa shape index (κ1) is 9.88. The summed E-state index contributed by atoms with van der Waals surface area (Å²) in [5.41, 5.74) is 2.70. The van der Waals surface area contributed by atoms with E-state index in [1.54, 1.807) is 0 Å². The van der Waals surface area contributed by atoms with Crippen LogP contribution in [0.4, 0.5) is 0 Å². The van der Waals surface area contributed by atoms with Crippen LogP contribution in [0.5, 0.6) is 0 Å². The van der Waals surface area contributed by atoms with Crippen molar-refractivity contribution in [1.29, 1.82) is 0 Å². The van der Waals surface area contributed by atoms with Gasteiger partial charge in [-0.1, -0.05) is 6.92 Å². The van der Waals surface area contributed by atoms with E-state index in [4.69, 9.17) is 0 Å². The SMILES string of the molecule is CCC(C1CC1)n1cc(C)c2cnccc21. The van der Waals surface area contributed by atoms with Gasteiger partial charge in [0.25, 0.3) is 0 Å². The number of pyridine rings is 1. The van der Waals surface area contributed by atoms with E-state index < -0.39 is 0 Å². The normalized spacial score (nSPS) is 17.9. The molecule has 0 amide bonds. The first-order chi connectivity index (χ1) is 7.81. The van der Waals surface area contributed by atoms with Crippen LogP contribution in [0.2, 0.25) is 0 Å². The number of fused-ring (bicyclic) bond motifs is 1. The first-order valence-corrected chi connectivity index (χ1v) is 6.22. The van der Waals surface area contributed by atoms with E-state index in [0.717, 1.165) is 5.92 Å². The van der Waals surface area contributed by atoms with Gasteiger partial charge in [0.15, 0.2) is 0 Å². The van der Waals surface area contributed by atoms with Gasteiger partial charge < -0.3 is 4.57 Å². The van der Waals surface area contributed by atoms with E-state index in [2.05, 4.69) is 35.7 Å². The zero-order valence-corrected chi connectivity index (χ0v) is 9.98. The summed E-state index contributed by atoms with van der Waals surface area (Å²) in [6.07, 6.45) is 10.2. The number of nitrogens with zero attached hydrogens (tertiary/aromatic N) is 2. The highest BCUT2D eigenvalue weighted by Gasteiger charge is 2.31. The minimum Gasteiger partial charge on any atom is -0.344 e. The van der Waals surface area contributed by atoms with Crippen LogP contribution in [0.15, 0.2) is 24.7 Å². The Kier molecular flexibility index (Phi) is 2.23. The van der Waals surface area contributed by atoms with Crippen molar-refractivity contribution < 1.29 is 0 Å². The highest BCUT2D eigenvalue weighted by molar-refractivity contribution is 5.82. The molecule has 0 saturated heterocycles. The van der Waals surface area contributed by atoms with Crippen molar-refractivity contribution in [2.75, 3.05) is 0 Å². The Morgan fingerprint density at radius 1 is 1.50 bits per heavy atom. The molecule has 3 rings (SSSR count). The summed E-state index contributed by atoms with van der Waals surface area (Å²) in [4.78, 5) is 4.22. The van der Waals surface area contributed by atoms with Crippen molar-refractivity contribution in [3.05, 3.63) is 30.2 Å². The molecule has 2 aromatic heterocycles. The van der Waals surface area contributed by atoms with E-state index in [1.165, 1.54) is 35.7 Å². The molecule has 0 N–H and O–H groups in total. The fourth-order valence-electron chi connectivity index (χ4n) is 2.78. The molecule has 2 heteroatoms. The minimum absolute atomic E-state index is 0.693. The summed E-state index contributed by atoms with van der Waals surface area (Å²) >= 11 is 0. The lowest BCUT2D eigenvalue weighted by Gasteiger charge is -2.17. The molecule has 1 unspecified atom stereocenters. The molecule has 1 aliphatic carbocycles. The minimum atomic E-state index is 0.693. The average molecular weight is 214 g/mol. The molecule has 0 aromatic carbocycles. The van der Waals surface area contributed by atoms with E-state index in [0.29, 0.717) is 6.04 Å². The van der Waals surface area contributed by atoms with Crippen molar-refractivity contribution in [2.24, 2.45) is 5.92 Å². The highest BCUT2D eigenvalue weighted by atomic mass is 15.0. The summed E-state index contributed by atoms with van der Waals surface area (Å²) in [5.74, 6) is 0.910. The number of hydrogen-bond acceptors (Lipinski definition) is 1. The monoisotopic (exact) mass is 214 g/mol. The molecule has 1 atom stereocenters. The first-order valence-electron chi connectivity index (χ1n) is 6.22. The molecule has 1 saturated carbocycles. The second-order valence-corrected chi connectivity index (χ2v) is 4.93. The summed E-state index contributed by atoms with van der Waals surface area (Å²) in [5, 5.41) is 1.31. The van der Waals surface area contributed by atoms with Gasteiger partial charge in [0.05, 0.1) is 5.52 Å². The van der Waals surface area contributed by atoms with Gasteiger partial charge >= 0.3 is 0 Å². The van der Waals surface area contributed by atoms with Crippen LogP contribution in [-0.4, -0.2) is 9.55 Å². The van der Waals surface area contributed by atoms with Gasteiger partial charge in [-0.3, -0.25) is 4.98 Å². The van der Waals surface area contributed by atoms with Crippen molar-refractivity contribution in [1.82, 2.24) is 9.55 Å². The largest absolute Gasteiger partial charge is 0.344 e. The lowest BCUT2D eigenvalue weighted by molar-refractivity contribution is 0.444. The second kappa shape index (κ2) is 3.62. The van der Waals surface area contributed by atoms with Gasteiger partial charge in [-0.15, -0.1) is 0 Å². The zero-order chi connectivity index (χ0) is 11.1. The fraction of sp³-hybridized carbons (Fsp3) is 0.500. The maximum Gasteiger partial charge on any atom is 0.0516 e. The second-order valence-electron chi connectivity index (χ2n) is 4.93. The molecule has 0 radical (unpaired) electrons. The smallest absolute Gasteiger partial charge is 0.0516 e. The lowest BCUT2D eigenvalue weighted by Crippen LogP contribution is -2.08. The Balaban J connectivity index is 2.15. The third-order valence-electron chi connectivity index (χ3n) is 3.78. The molecule has 2 aromatic rings. The summed E-state index contributed by atoms with van der Waals surface area (Å²) in [6, 6.07) is 2.84. The third kappa shape index (κ3) is 1.44. The van der Waals surface area contributed by atoms with Gasteiger partial charge in [0, 0.05) is 30.0 Å². The third-order valence-corrected chi connectivity index (χ3v) is 3.78. The maximum absolute atomic E-state index is 4.22. The van der Waals surface area contributed by atoms with Crippen molar-refractivity contribution >= 4 is 10.9 Å². The molecule has 2 heterocycles. The van der Waals surface area contributed by atoms with Crippen LogP contribution in [0.25, 0.3) is 10.9 Å². The molecule has 16 heavy (non-hydrogen) atoms. The Labute approximate surface area is 96.3 Å². The van der Waals surface area contributed by atoms with Gasteiger partial charge in [0.2, 0.25) is 0 Å². The maximum atomic E-state index is 4.22. The van der Waals surface area contributed by atoms with Crippen LogP contribution in [0.1, 0.15) is 37.8 Å². The quantitative estimate of drug-likeness (QED) is 0.761. The number of rotatable bonds is 3. The van der Waals surface area contributed by atoms with Gasteiger partial charge in [-0.2, -0.15) is 0 Å². The van der Waals surface area contributed by atoms with Crippen molar-refractivity contribution in [2.45, 2.75) is 39.2 Å². The molecule has 84 valence electrons. The van der Waals surface area contributed by atoms with Crippen LogP contribution >= 0.6 is 0 Å².